The lowest BCUT2D eigenvalue weighted by Gasteiger charge is -2.12. The molecule has 1 amide bonds. The number of ether oxygens (including phenoxy) is 1. The predicted molar refractivity (Wildman–Crippen MR) is 140 cm³/mol. The van der Waals surface area contributed by atoms with Crippen molar-refractivity contribution in [3.05, 3.63) is 95.8 Å². The highest BCUT2D eigenvalue weighted by molar-refractivity contribution is 7.99. The highest BCUT2D eigenvalue weighted by Crippen LogP contribution is 2.23. The molecule has 3 aromatic carbocycles. The van der Waals surface area contributed by atoms with Crippen LogP contribution in [-0.2, 0) is 17.9 Å². The van der Waals surface area contributed by atoms with Crippen LogP contribution >= 0.6 is 11.8 Å². The molecule has 0 fully saturated rings. The molecule has 0 spiro atoms. The molecule has 0 saturated carbocycles. The minimum absolute atomic E-state index is 0.0181. The molecule has 180 valence electrons. The van der Waals surface area contributed by atoms with E-state index in [2.05, 4.69) is 52.0 Å². The van der Waals surface area contributed by atoms with Gasteiger partial charge >= 0.3 is 0 Å². The molecular weight excluding hydrogens is 458 g/mol. The Balaban J connectivity index is 1.38. The quantitative estimate of drug-likeness (QED) is 0.290. The van der Waals surface area contributed by atoms with Gasteiger partial charge in [-0.2, -0.15) is 0 Å². The number of hydrogen-bond donors (Lipinski definition) is 2. The molecule has 4 rings (SSSR count). The van der Waals surface area contributed by atoms with Crippen LogP contribution in [-0.4, -0.2) is 33.5 Å². The maximum atomic E-state index is 12.4. The summed E-state index contributed by atoms with van der Waals surface area (Å²) in [5, 5.41) is 16.0. The summed E-state index contributed by atoms with van der Waals surface area (Å²) in [5.41, 5.74) is 4.18. The van der Waals surface area contributed by atoms with Gasteiger partial charge in [-0.3, -0.25) is 9.36 Å². The van der Waals surface area contributed by atoms with Gasteiger partial charge in [0.2, 0.25) is 5.91 Å². The second-order valence-corrected chi connectivity index (χ2v) is 9.04. The third-order valence-electron chi connectivity index (χ3n) is 5.45. The normalized spacial score (nSPS) is 10.7. The molecule has 0 bridgehead atoms. The first kappa shape index (κ1) is 24.3. The number of aromatic nitrogens is 3. The van der Waals surface area contributed by atoms with Crippen LogP contribution in [0.2, 0.25) is 0 Å². The van der Waals surface area contributed by atoms with Crippen LogP contribution in [0.5, 0.6) is 5.75 Å². The van der Waals surface area contributed by atoms with Crippen molar-refractivity contribution in [3.8, 4) is 11.4 Å². The molecule has 0 atom stereocenters. The van der Waals surface area contributed by atoms with Crippen LogP contribution in [0.4, 0.5) is 5.69 Å². The van der Waals surface area contributed by atoms with Crippen LogP contribution in [0.1, 0.15) is 23.4 Å². The van der Waals surface area contributed by atoms with E-state index in [9.17, 15) is 4.79 Å². The van der Waals surface area contributed by atoms with E-state index in [1.807, 2.05) is 59.2 Å². The van der Waals surface area contributed by atoms with Crippen LogP contribution in [0, 0.1) is 6.92 Å². The Kier molecular flexibility index (Phi) is 8.40. The molecule has 4 aromatic rings. The maximum absolute atomic E-state index is 12.4. The Bertz CT molecular complexity index is 1240. The highest BCUT2D eigenvalue weighted by atomic mass is 32.2. The van der Waals surface area contributed by atoms with Gasteiger partial charge in [0, 0.05) is 35.7 Å². The Hall–Kier alpha value is -3.78. The van der Waals surface area contributed by atoms with E-state index in [4.69, 9.17) is 4.74 Å². The summed E-state index contributed by atoms with van der Waals surface area (Å²) in [5.74, 6) is 2.15. The van der Waals surface area contributed by atoms with E-state index >= 15 is 0 Å². The number of thioether (sulfide) groups is 1. The monoisotopic (exact) mass is 487 g/mol. The van der Waals surface area contributed by atoms with Crippen molar-refractivity contribution in [2.45, 2.75) is 31.6 Å². The van der Waals surface area contributed by atoms with E-state index in [1.54, 1.807) is 7.11 Å². The number of para-hydroxylation sites is 2. The number of aryl methyl sites for hydroxylation is 1. The second kappa shape index (κ2) is 12.1. The fourth-order valence-electron chi connectivity index (χ4n) is 3.56. The van der Waals surface area contributed by atoms with Gasteiger partial charge in [-0.25, -0.2) is 0 Å². The molecule has 1 aromatic heterocycles. The number of benzene rings is 3. The van der Waals surface area contributed by atoms with Crippen molar-refractivity contribution in [1.82, 2.24) is 20.1 Å². The molecular formula is C27H29N5O2S. The zero-order valence-electron chi connectivity index (χ0n) is 19.9. The molecule has 0 saturated heterocycles. The molecule has 0 aliphatic rings. The van der Waals surface area contributed by atoms with Gasteiger partial charge in [0.15, 0.2) is 11.0 Å². The summed E-state index contributed by atoms with van der Waals surface area (Å²) < 4.78 is 7.39. The first-order valence-corrected chi connectivity index (χ1v) is 12.4. The minimum atomic E-state index is -0.0181. The molecule has 1 heterocycles. The van der Waals surface area contributed by atoms with Gasteiger partial charge in [0.25, 0.3) is 0 Å². The van der Waals surface area contributed by atoms with E-state index in [0.29, 0.717) is 25.3 Å². The van der Waals surface area contributed by atoms with Crippen molar-refractivity contribution in [2.75, 3.05) is 18.2 Å². The van der Waals surface area contributed by atoms with Gasteiger partial charge in [0.1, 0.15) is 5.75 Å². The van der Waals surface area contributed by atoms with Gasteiger partial charge in [-0.05, 0) is 37.3 Å². The molecule has 0 aliphatic heterocycles. The van der Waals surface area contributed by atoms with Gasteiger partial charge in [-0.1, -0.05) is 65.9 Å². The number of nitrogens with one attached hydrogen (secondary N) is 2. The zero-order chi connectivity index (χ0) is 24.5. The maximum Gasteiger partial charge on any atom is 0.221 e. The Morgan fingerprint density at radius 3 is 2.46 bits per heavy atom. The Morgan fingerprint density at radius 2 is 1.69 bits per heavy atom. The molecule has 0 aliphatic carbocycles. The second-order valence-electron chi connectivity index (χ2n) is 7.98. The van der Waals surface area contributed by atoms with Gasteiger partial charge in [-0.15, -0.1) is 10.2 Å². The summed E-state index contributed by atoms with van der Waals surface area (Å²) in [6, 6.07) is 26.0. The van der Waals surface area contributed by atoms with E-state index < -0.39 is 0 Å². The lowest BCUT2D eigenvalue weighted by Crippen LogP contribution is -2.23. The molecule has 8 heteroatoms. The summed E-state index contributed by atoms with van der Waals surface area (Å²) in [4.78, 5) is 12.4. The summed E-state index contributed by atoms with van der Waals surface area (Å²) in [6.45, 7) is 3.03. The number of carbonyl (C=O) groups excluding carboxylic acids is 1. The third-order valence-corrected chi connectivity index (χ3v) is 6.38. The van der Waals surface area contributed by atoms with E-state index in [0.717, 1.165) is 33.7 Å². The Morgan fingerprint density at radius 1 is 0.943 bits per heavy atom. The molecule has 7 nitrogen and oxygen atoms in total. The van der Waals surface area contributed by atoms with E-state index in [-0.39, 0.29) is 5.91 Å². The number of nitrogens with zero attached hydrogens (tertiary/aromatic N) is 3. The van der Waals surface area contributed by atoms with Crippen molar-refractivity contribution in [2.24, 2.45) is 0 Å². The largest absolute Gasteiger partial charge is 0.496 e. The predicted octanol–water partition coefficient (Wildman–Crippen LogP) is 5.00. The van der Waals surface area contributed by atoms with Crippen molar-refractivity contribution >= 4 is 23.4 Å². The molecule has 2 N–H and O–H groups in total. The summed E-state index contributed by atoms with van der Waals surface area (Å²) >= 11 is 1.52. The molecule has 0 unspecified atom stereocenters. The number of methoxy groups -OCH3 is 1. The van der Waals surface area contributed by atoms with Gasteiger partial charge < -0.3 is 15.4 Å². The van der Waals surface area contributed by atoms with Crippen molar-refractivity contribution in [3.63, 3.8) is 0 Å². The van der Waals surface area contributed by atoms with Gasteiger partial charge in [0.05, 0.1) is 13.7 Å². The fourth-order valence-corrected chi connectivity index (χ4v) is 4.47. The average Bonchev–Trinajstić information content (AvgIpc) is 3.30. The molecule has 0 radical (unpaired) electrons. The lowest BCUT2D eigenvalue weighted by molar-refractivity contribution is -0.120. The number of anilines is 1. The van der Waals surface area contributed by atoms with Crippen molar-refractivity contribution in [1.29, 1.82) is 0 Å². The van der Waals surface area contributed by atoms with Crippen LogP contribution in [0.3, 0.4) is 0 Å². The first-order valence-electron chi connectivity index (χ1n) is 11.5. The third kappa shape index (κ3) is 6.64. The fraction of sp³-hybridized carbons (Fsp3) is 0.222. The summed E-state index contributed by atoms with van der Waals surface area (Å²) in [7, 11) is 1.63. The average molecular weight is 488 g/mol. The topological polar surface area (TPSA) is 81.1 Å². The standard InChI is InChI=1S/C27H29N5O2S/c1-20-12-14-22(15-13-20)28-19-25-30-31-27(32(25)23-9-4-3-5-10-23)35-17-16-26(33)29-18-21-8-6-7-11-24(21)34-2/h3-15,28H,16-19H2,1-2H3,(H,29,33). The minimum Gasteiger partial charge on any atom is -0.496 e. The number of amides is 1. The van der Waals surface area contributed by atoms with Crippen LogP contribution < -0.4 is 15.4 Å². The number of rotatable bonds is 11. The molecule has 35 heavy (non-hydrogen) atoms. The van der Waals surface area contributed by atoms with Crippen molar-refractivity contribution < 1.29 is 9.53 Å². The smallest absolute Gasteiger partial charge is 0.221 e. The van der Waals surface area contributed by atoms with Crippen LogP contribution in [0.25, 0.3) is 5.69 Å². The highest BCUT2D eigenvalue weighted by Gasteiger charge is 2.15. The lowest BCUT2D eigenvalue weighted by atomic mass is 10.2. The summed E-state index contributed by atoms with van der Waals surface area (Å²) in [6.07, 6.45) is 0.373. The van der Waals surface area contributed by atoms with E-state index in [1.165, 1.54) is 17.3 Å². The van der Waals surface area contributed by atoms with Crippen LogP contribution in [0.15, 0.2) is 84.0 Å². The first-order chi connectivity index (χ1) is 17.1. The number of hydrogen-bond acceptors (Lipinski definition) is 6. The Labute approximate surface area is 209 Å². The number of carbonyl (C=O) groups is 1. The zero-order valence-corrected chi connectivity index (χ0v) is 20.7. The SMILES string of the molecule is COc1ccccc1CNC(=O)CCSc1nnc(CNc2ccc(C)cc2)n1-c1ccccc1.